The van der Waals surface area contributed by atoms with Gasteiger partial charge in [-0.05, 0) is 34.5 Å². The second-order valence-electron chi connectivity index (χ2n) is 3.20. The van der Waals surface area contributed by atoms with E-state index < -0.39 is 6.98 Å². The van der Waals surface area contributed by atoms with Gasteiger partial charge in [0.1, 0.15) is 0 Å². The summed E-state index contributed by atoms with van der Waals surface area (Å²) in [6.07, 6.45) is 1.11. The molecule has 0 aliphatic carbocycles. The minimum atomic E-state index is -4.84. The van der Waals surface area contributed by atoms with E-state index in [1.54, 1.807) is 23.5 Å². The molecule has 0 atom stereocenters. The molecule has 1 aromatic carbocycles. The van der Waals surface area contributed by atoms with Crippen molar-refractivity contribution in [3.05, 3.63) is 41.2 Å². The number of fused-ring (bicyclic) bond motifs is 1. The average Bonchev–Trinajstić information content (AvgIpc) is 2.60. The molecular formula is C10H7BF3S-. The van der Waals surface area contributed by atoms with Crippen molar-refractivity contribution in [3.63, 3.8) is 0 Å². The highest BCUT2D eigenvalue weighted by Gasteiger charge is 2.16. The Morgan fingerprint density at radius 3 is 2.67 bits per heavy atom. The van der Waals surface area contributed by atoms with Crippen LogP contribution in [0.1, 0.15) is 5.56 Å². The molecule has 5 heteroatoms. The van der Waals surface area contributed by atoms with E-state index in [4.69, 9.17) is 0 Å². The van der Waals surface area contributed by atoms with Crippen molar-refractivity contribution < 1.29 is 12.9 Å². The van der Waals surface area contributed by atoms with E-state index in [1.165, 1.54) is 0 Å². The van der Waals surface area contributed by atoms with Crippen molar-refractivity contribution >= 4 is 34.5 Å². The van der Waals surface area contributed by atoms with Crippen LogP contribution in [-0.2, 0) is 0 Å². The molecule has 0 N–H and O–H groups in total. The lowest BCUT2D eigenvalue weighted by atomic mass is 9.90. The quantitative estimate of drug-likeness (QED) is 0.671. The van der Waals surface area contributed by atoms with Crippen LogP contribution in [0.15, 0.2) is 35.6 Å². The minimum absolute atomic E-state index is 0.313. The largest absolute Gasteiger partial charge is 0.502 e. The third-order valence-electron chi connectivity index (χ3n) is 1.98. The lowest BCUT2D eigenvalue weighted by Crippen LogP contribution is -2.09. The van der Waals surface area contributed by atoms with Crippen LogP contribution in [0.4, 0.5) is 12.9 Å². The predicted octanol–water partition coefficient (Wildman–Crippen LogP) is 4.30. The number of halogens is 3. The van der Waals surface area contributed by atoms with Crippen molar-refractivity contribution in [2.75, 3.05) is 0 Å². The SMILES string of the molecule is F[B-](F)(F)/C=C/c1ccc2sccc2c1. The van der Waals surface area contributed by atoms with Gasteiger partial charge in [0.05, 0.1) is 0 Å². The molecule has 0 aliphatic heterocycles. The van der Waals surface area contributed by atoms with E-state index in [1.807, 2.05) is 17.5 Å². The smallest absolute Gasteiger partial charge is 0.445 e. The Hall–Kier alpha value is -1.23. The standard InChI is InChI=1S/C10H7BF3S/c12-11(13,14)5-3-8-1-2-10-9(7-8)4-6-15-10/h1-7H/q-1/b5-3+. The van der Waals surface area contributed by atoms with Crippen LogP contribution in [0.25, 0.3) is 16.2 Å². The Balaban J connectivity index is 2.33. The average molecular weight is 227 g/mol. The van der Waals surface area contributed by atoms with Gasteiger partial charge in [-0.2, -0.15) is 0 Å². The first-order chi connectivity index (χ1) is 7.04. The molecule has 15 heavy (non-hydrogen) atoms. The Labute approximate surface area is 89.1 Å². The second-order valence-corrected chi connectivity index (χ2v) is 4.15. The van der Waals surface area contributed by atoms with Gasteiger partial charge in [-0.25, -0.2) is 0 Å². The van der Waals surface area contributed by atoms with Crippen LogP contribution >= 0.6 is 11.3 Å². The van der Waals surface area contributed by atoms with Gasteiger partial charge in [-0.1, -0.05) is 12.1 Å². The molecule has 0 saturated heterocycles. The number of rotatable bonds is 2. The van der Waals surface area contributed by atoms with E-state index >= 15 is 0 Å². The first-order valence-corrected chi connectivity index (χ1v) is 5.29. The van der Waals surface area contributed by atoms with Crippen LogP contribution in [0.5, 0.6) is 0 Å². The first-order valence-electron chi connectivity index (χ1n) is 4.41. The highest BCUT2D eigenvalue weighted by Crippen LogP contribution is 2.23. The molecular weight excluding hydrogens is 220 g/mol. The lowest BCUT2D eigenvalue weighted by molar-refractivity contribution is 0.499. The lowest BCUT2D eigenvalue weighted by Gasteiger charge is -2.06. The van der Waals surface area contributed by atoms with Gasteiger partial charge in [0.25, 0.3) is 0 Å². The number of thiophene rings is 1. The molecule has 0 spiro atoms. The molecule has 0 radical (unpaired) electrons. The molecule has 1 aromatic heterocycles. The van der Waals surface area contributed by atoms with E-state index in [0.717, 1.165) is 16.2 Å². The van der Waals surface area contributed by atoms with Crippen LogP contribution < -0.4 is 0 Å². The summed E-state index contributed by atoms with van der Waals surface area (Å²) in [4.78, 5) is 0. The number of hydrogen-bond donors (Lipinski definition) is 0. The molecule has 0 bridgehead atoms. The Bertz CT molecular complexity index is 499. The molecule has 1 heterocycles. The summed E-state index contributed by atoms with van der Waals surface area (Å²) in [6, 6.07) is 7.18. The van der Waals surface area contributed by atoms with Crippen LogP contribution in [-0.4, -0.2) is 6.98 Å². The minimum Gasteiger partial charge on any atom is -0.445 e. The summed E-state index contributed by atoms with van der Waals surface area (Å²) < 4.78 is 37.0. The van der Waals surface area contributed by atoms with Gasteiger partial charge in [0.15, 0.2) is 0 Å². The Morgan fingerprint density at radius 1 is 1.13 bits per heavy atom. The summed E-state index contributed by atoms with van der Waals surface area (Å²) >= 11 is 1.58. The first kappa shape index (κ1) is 10.3. The number of hydrogen-bond acceptors (Lipinski definition) is 1. The normalized spacial score (nSPS) is 12.7. The maximum Gasteiger partial charge on any atom is 0.502 e. The highest BCUT2D eigenvalue weighted by atomic mass is 32.1. The van der Waals surface area contributed by atoms with Crippen molar-refractivity contribution in [2.45, 2.75) is 0 Å². The second kappa shape index (κ2) is 3.74. The highest BCUT2D eigenvalue weighted by molar-refractivity contribution is 7.17. The summed E-state index contributed by atoms with van der Waals surface area (Å²) in [5.74, 6) is 0.313. The summed E-state index contributed by atoms with van der Waals surface area (Å²) in [5.41, 5.74) is 0.583. The van der Waals surface area contributed by atoms with Gasteiger partial charge in [0, 0.05) is 4.70 Å². The van der Waals surface area contributed by atoms with Crippen molar-refractivity contribution in [1.29, 1.82) is 0 Å². The predicted molar refractivity (Wildman–Crippen MR) is 59.9 cm³/mol. The maximum absolute atomic E-state index is 12.0. The molecule has 78 valence electrons. The van der Waals surface area contributed by atoms with Gasteiger partial charge >= 0.3 is 6.98 Å². The third-order valence-corrected chi connectivity index (χ3v) is 2.88. The Morgan fingerprint density at radius 2 is 1.93 bits per heavy atom. The molecule has 0 aliphatic rings. The van der Waals surface area contributed by atoms with Gasteiger partial charge in [-0.3, -0.25) is 0 Å². The monoisotopic (exact) mass is 227 g/mol. The van der Waals surface area contributed by atoms with Gasteiger partial charge in [-0.15, -0.1) is 17.3 Å². The zero-order valence-electron chi connectivity index (χ0n) is 7.66. The fraction of sp³-hybridized carbons (Fsp3) is 0. The van der Waals surface area contributed by atoms with Gasteiger partial charge < -0.3 is 12.9 Å². The number of benzene rings is 1. The third kappa shape index (κ3) is 2.62. The van der Waals surface area contributed by atoms with Crippen LogP contribution in [0.3, 0.4) is 0 Å². The van der Waals surface area contributed by atoms with Crippen molar-refractivity contribution in [1.82, 2.24) is 0 Å². The van der Waals surface area contributed by atoms with E-state index in [0.29, 0.717) is 11.5 Å². The zero-order valence-corrected chi connectivity index (χ0v) is 8.48. The van der Waals surface area contributed by atoms with Gasteiger partial charge in [0.2, 0.25) is 0 Å². The molecule has 0 unspecified atom stereocenters. The molecule has 0 amide bonds. The van der Waals surface area contributed by atoms with E-state index in [-0.39, 0.29) is 0 Å². The fourth-order valence-electron chi connectivity index (χ4n) is 1.31. The summed E-state index contributed by atoms with van der Waals surface area (Å²) in [7, 11) is 0. The van der Waals surface area contributed by atoms with Crippen molar-refractivity contribution in [3.8, 4) is 0 Å². The van der Waals surface area contributed by atoms with Crippen LogP contribution in [0.2, 0.25) is 0 Å². The fourth-order valence-corrected chi connectivity index (χ4v) is 2.08. The van der Waals surface area contributed by atoms with Crippen LogP contribution in [0, 0.1) is 0 Å². The zero-order chi connectivity index (χ0) is 10.9. The molecule has 2 rings (SSSR count). The van der Waals surface area contributed by atoms with Crippen molar-refractivity contribution in [2.24, 2.45) is 0 Å². The maximum atomic E-state index is 12.0. The summed E-state index contributed by atoms with van der Waals surface area (Å²) in [5, 5.41) is 2.91. The molecule has 2 aromatic rings. The molecule has 0 saturated carbocycles. The van der Waals surface area contributed by atoms with E-state index in [2.05, 4.69) is 0 Å². The topological polar surface area (TPSA) is 0 Å². The Kier molecular flexibility index (Phi) is 2.56. The van der Waals surface area contributed by atoms with E-state index in [9.17, 15) is 12.9 Å². The summed E-state index contributed by atoms with van der Waals surface area (Å²) in [6.45, 7) is -4.84. The molecule has 0 fully saturated rings. The molecule has 0 nitrogen and oxygen atoms in total.